The number of rotatable bonds is 4. The van der Waals surface area contributed by atoms with Crippen LogP contribution in [0.1, 0.15) is 12.8 Å². The van der Waals surface area contributed by atoms with Gasteiger partial charge in [0.25, 0.3) is 0 Å². The Morgan fingerprint density at radius 3 is 3.00 bits per heavy atom. The molecule has 0 amide bonds. The molecule has 8 nitrogen and oxygen atoms in total. The van der Waals surface area contributed by atoms with E-state index in [1.807, 2.05) is 4.90 Å². The van der Waals surface area contributed by atoms with Gasteiger partial charge >= 0.3 is 6.01 Å². The molecule has 1 aromatic heterocycles. The van der Waals surface area contributed by atoms with E-state index in [-0.39, 0.29) is 24.6 Å². The highest BCUT2D eigenvalue weighted by Gasteiger charge is 2.27. The lowest BCUT2D eigenvalue weighted by Crippen LogP contribution is -2.34. The van der Waals surface area contributed by atoms with E-state index in [1.54, 1.807) is 0 Å². The number of nitrogens with two attached hydrogens (primary N) is 1. The van der Waals surface area contributed by atoms with Crippen LogP contribution in [0, 0.1) is 0 Å². The summed E-state index contributed by atoms with van der Waals surface area (Å²) in [6.07, 6.45) is 1.93. The molecule has 1 saturated heterocycles. The van der Waals surface area contributed by atoms with Crippen molar-refractivity contribution < 1.29 is 9.84 Å². The van der Waals surface area contributed by atoms with Gasteiger partial charge < -0.3 is 14.7 Å². The van der Waals surface area contributed by atoms with Crippen molar-refractivity contribution in [3.8, 4) is 6.01 Å². The number of ether oxygens (including phenoxy) is 1. The fourth-order valence-electron chi connectivity index (χ4n) is 1.92. The lowest BCUT2D eigenvalue weighted by atomic mass is 10.2. The molecule has 4 N–H and O–H groups in total. The van der Waals surface area contributed by atoms with Crippen LogP contribution in [0.25, 0.3) is 0 Å². The molecule has 17 heavy (non-hydrogen) atoms. The Balaban J connectivity index is 2.30. The van der Waals surface area contributed by atoms with E-state index >= 15 is 0 Å². The second-order valence-corrected chi connectivity index (χ2v) is 3.76. The third-order valence-corrected chi connectivity index (χ3v) is 2.76. The number of aliphatic hydroxyl groups is 1. The van der Waals surface area contributed by atoms with Crippen molar-refractivity contribution in [2.24, 2.45) is 5.84 Å². The predicted octanol–water partition coefficient (Wildman–Crippen LogP) is -0.873. The minimum Gasteiger partial charge on any atom is -0.467 e. The van der Waals surface area contributed by atoms with Crippen LogP contribution < -0.4 is 20.9 Å². The van der Waals surface area contributed by atoms with Gasteiger partial charge in [-0.15, -0.1) is 0 Å². The molecule has 1 unspecified atom stereocenters. The molecular weight excluding hydrogens is 224 g/mol. The SMILES string of the molecule is COc1nc(NN)nc(N2CCCC2CO)n1. The molecule has 1 aliphatic rings. The van der Waals surface area contributed by atoms with Crippen LogP contribution in [0.3, 0.4) is 0 Å². The van der Waals surface area contributed by atoms with Crippen LogP contribution in [-0.2, 0) is 0 Å². The maximum Gasteiger partial charge on any atom is 0.322 e. The number of hydrazine groups is 1. The summed E-state index contributed by atoms with van der Waals surface area (Å²) in [5, 5.41) is 9.27. The molecular formula is C9H16N6O2. The lowest BCUT2D eigenvalue weighted by molar-refractivity contribution is 0.265. The smallest absolute Gasteiger partial charge is 0.322 e. The molecule has 1 atom stereocenters. The average Bonchev–Trinajstić information content (AvgIpc) is 2.86. The largest absolute Gasteiger partial charge is 0.467 e. The molecule has 0 aliphatic carbocycles. The molecule has 94 valence electrons. The predicted molar refractivity (Wildman–Crippen MR) is 61.6 cm³/mol. The molecule has 0 saturated carbocycles. The second kappa shape index (κ2) is 5.11. The van der Waals surface area contributed by atoms with Crippen molar-refractivity contribution in [2.45, 2.75) is 18.9 Å². The number of nitrogens with zero attached hydrogens (tertiary/aromatic N) is 4. The molecule has 1 aliphatic heterocycles. The quantitative estimate of drug-likeness (QED) is 0.460. The molecule has 2 heterocycles. The highest BCUT2D eigenvalue weighted by atomic mass is 16.5. The molecule has 2 rings (SSSR count). The van der Waals surface area contributed by atoms with Crippen LogP contribution in [-0.4, -0.2) is 46.4 Å². The maximum absolute atomic E-state index is 9.27. The first kappa shape index (κ1) is 11.8. The molecule has 1 fully saturated rings. The Morgan fingerprint density at radius 2 is 2.35 bits per heavy atom. The minimum atomic E-state index is 0.0488. The first-order valence-electron chi connectivity index (χ1n) is 5.42. The van der Waals surface area contributed by atoms with Gasteiger partial charge in [-0.1, -0.05) is 0 Å². The summed E-state index contributed by atoms with van der Waals surface area (Å²) >= 11 is 0. The third-order valence-electron chi connectivity index (χ3n) is 2.76. The minimum absolute atomic E-state index is 0.0488. The monoisotopic (exact) mass is 240 g/mol. The van der Waals surface area contributed by atoms with Gasteiger partial charge in [-0.05, 0) is 12.8 Å². The molecule has 0 radical (unpaired) electrons. The van der Waals surface area contributed by atoms with Crippen molar-refractivity contribution in [1.29, 1.82) is 0 Å². The number of hydrogen-bond acceptors (Lipinski definition) is 8. The van der Waals surface area contributed by atoms with E-state index in [0.29, 0.717) is 5.95 Å². The molecule has 8 heteroatoms. The summed E-state index contributed by atoms with van der Waals surface area (Å²) in [5.74, 6) is 6.00. The fraction of sp³-hybridized carbons (Fsp3) is 0.667. The zero-order chi connectivity index (χ0) is 12.3. The van der Waals surface area contributed by atoms with Crippen LogP contribution >= 0.6 is 0 Å². The van der Waals surface area contributed by atoms with Crippen molar-refractivity contribution in [1.82, 2.24) is 15.0 Å². The molecule has 0 bridgehead atoms. The van der Waals surface area contributed by atoms with Gasteiger partial charge in [-0.3, -0.25) is 5.43 Å². The van der Waals surface area contributed by atoms with Gasteiger partial charge in [0.2, 0.25) is 11.9 Å². The van der Waals surface area contributed by atoms with E-state index < -0.39 is 0 Å². The number of hydrogen-bond donors (Lipinski definition) is 3. The van der Waals surface area contributed by atoms with E-state index in [2.05, 4.69) is 20.4 Å². The van der Waals surface area contributed by atoms with E-state index in [4.69, 9.17) is 10.6 Å². The van der Waals surface area contributed by atoms with E-state index in [1.165, 1.54) is 7.11 Å². The van der Waals surface area contributed by atoms with Crippen LogP contribution in [0.5, 0.6) is 6.01 Å². The maximum atomic E-state index is 9.27. The highest BCUT2D eigenvalue weighted by Crippen LogP contribution is 2.23. The topological polar surface area (TPSA) is 109 Å². The number of nitrogens with one attached hydrogen (secondary N) is 1. The summed E-state index contributed by atoms with van der Waals surface area (Å²) in [5.41, 5.74) is 2.37. The number of aliphatic hydroxyl groups excluding tert-OH is 1. The highest BCUT2D eigenvalue weighted by molar-refractivity contribution is 5.39. The van der Waals surface area contributed by atoms with Gasteiger partial charge in [-0.2, -0.15) is 15.0 Å². The number of aromatic nitrogens is 3. The van der Waals surface area contributed by atoms with E-state index in [0.717, 1.165) is 19.4 Å². The Kier molecular flexibility index (Phi) is 3.55. The third kappa shape index (κ3) is 2.37. The Labute approximate surface area is 98.8 Å². The van der Waals surface area contributed by atoms with Crippen molar-refractivity contribution >= 4 is 11.9 Å². The summed E-state index contributed by atoms with van der Waals surface area (Å²) in [7, 11) is 1.48. The van der Waals surface area contributed by atoms with Gasteiger partial charge in [0.05, 0.1) is 19.8 Å². The van der Waals surface area contributed by atoms with Gasteiger partial charge in [0.1, 0.15) is 0 Å². The molecule has 1 aromatic rings. The number of nitrogen functional groups attached to an aromatic ring is 1. The Hall–Kier alpha value is -1.67. The Bertz CT molecular complexity index is 365. The zero-order valence-corrected chi connectivity index (χ0v) is 9.63. The summed E-state index contributed by atoms with van der Waals surface area (Å²) in [6.45, 7) is 0.891. The summed E-state index contributed by atoms with van der Waals surface area (Å²) < 4.78 is 4.98. The number of anilines is 2. The fourth-order valence-corrected chi connectivity index (χ4v) is 1.92. The van der Waals surface area contributed by atoms with Crippen molar-refractivity contribution in [2.75, 3.05) is 30.6 Å². The van der Waals surface area contributed by atoms with Gasteiger partial charge in [0, 0.05) is 6.54 Å². The molecule has 0 spiro atoms. The molecule has 0 aromatic carbocycles. The normalized spacial score (nSPS) is 19.5. The second-order valence-electron chi connectivity index (χ2n) is 3.76. The standard InChI is InChI=1S/C9H16N6O2/c1-17-9-12-7(14-10)11-8(13-9)15-4-2-3-6(15)5-16/h6,16H,2-5,10H2,1H3,(H,11,12,13,14). The van der Waals surface area contributed by atoms with Gasteiger partial charge in [-0.25, -0.2) is 5.84 Å². The summed E-state index contributed by atoms with van der Waals surface area (Å²) in [6, 6.07) is 0.249. The van der Waals surface area contributed by atoms with Gasteiger partial charge in [0.15, 0.2) is 0 Å². The van der Waals surface area contributed by atoms with Crippen molar-refractivity contribution in [3.63, 3.8) is 0 Å². The number of methoxy groups -OCH3 is 1. The average molecular weight is 240 g/mol. The first-order valence-corrected chi connectivity index (χ1v) is 5.42. The lowest BCUT2D eigenvalue weighted by Gasteiger charge is -2.23. The summed E-state index contributed by atoms with van der Waals surface area (Å²) in [4.78, 5) is 14.2. The van der Waals surface area contributed by atoms with Crippen LogP contribution in [0.15, 0.2) is 0 Å². The zero-order valence-electron chi connectivity index (χ0n) is 9.63. The van der Waals surface area contributed by atoms with Crippen molar-refractivity contribution in [3.05, 3.63) is 0 Å². The first-order chi connectivity index (χ1) is 8.28. The van der Waals surface area contributed by atoms with Crippen LogP contribution in [0.4, 0.5) is 11.9 Å². The van der Waals surface area contributed by atoms with E-state index in [9.17, 15) is 5.11 Å². The Morgan fingerprint density at radius 1 is 1.53 bits per heavy atom. The van der Waals surface area contributed by atoms with Crippen LogP contribution in [0.2, 0.25) is 0 Å².